The highest BCUT2D eigenvalue weighted by atomic mass is 32.1. The van der Waals surface area contributed by atoms with Gasteiger partial charge in [0.25, 0.3) is 0 Å². The molecule has 3 aromatic rings. The van der Waals surface area contributed by atoms with E-state index < -0.39 is 5.82 Å². The van der Waals surface area contributed by atoms with Crippen molar-refractivity contribution in [3.8, 4) is 11.4 Å². The molecule has 2 aromatic heterocycles. The van der Waals surface area contributed by atoms with Crippen molar-refractivity contribution >= 4 is 18.1 Å². The number of carbonyl (C=O) groups is 1. The first-order chi connectivity index (χ1) is 12.4. The van der Waals surface area contributed by atoms with Gasteiger partial charge in [-0.1, -0.05) is 12.1 Å². The third-order valence-electron chi connectivity index (χ3n) is 4.28. The minimum absolute atomic E-state index is 0.186. The van der Waals surface area contributed by atoms with Crippen LogP contribution in [0, 0.1) is 24.4 Å². The summed E-state index contributed by atoms with van der Waals surface area (Å²) < 4.78 is 17.3. The standard InChI is InChI=1S/C17H19FN6OS/c1-10-12(11(2)23(3)21-10)8-9-15(25)22-24-16(19-20-17(24)26)13-6-4-5-7-14(13)18/h4-7H,8-9H2,1-3H3,(H,20,26)(H,22,25). The van der Waals surface area contributed by atoms with E-state index in [1.165, 1.54) is 10.7 Å². The molecule has 2 N–H and O–H groups in total. The summed E-state index contributed by atoms with van der Waals surface area (Å²) in [5, 5.41) is 11.0. The van der Waals surface area contributed by atoms with E-state index in [-0.39, 0.29) is 28.5 Å². The Labute approximate surface area is 154 Å². The van der Waals surface area contributed by atoms with Gasteiger partial charge in [-0.25, -0.2) is 14.2 Å². The molecule has 9 heteroatoms. The Bertz CT molecular complexity index is 1020. The number of amides is 1. The molecule has 136 valence electrons. The number of aromatic amines is 1. The number of rotatable bonds is 5. The third kappa shape index (κ3) is 3.43. The first kappa shape index (κ1) is 18.0. The first-order valence-electron chi connectivity index (χ1n) is 8.09. The van der Waals surface area contributed by atoms with Crippen LogP contribution in [0.1, 0.15) is 23.4 Å². The molecule has 2 heterocycles. The molecule has 0 saturated heterocycles. The van der Waals surface area contributed by atoms with Crippen LogP contribution in [0.2, 0.25) is 0 Å². The average Bonchev–Trinajstić information content (AvgIpc) is 3.07. The molecule has 0 atom stereocenters. The van der Waals surface area contributed by atoms with E-state index in [1.807, 2.05) is 20.9 Å². The fraction of sp³-hybridized carbons (Fsp3) is 0.294. The maximum atomic E-state index is 14.0. The molecule has 0 aliphatic carbocycles. The van der Waals surface area contributed by atoms with Crippen molar-refractivity contribution in [2.75, 3.05) is 5.43 Å². The zero-order valence-electron chi connectivity index (χ0n) is 14.7. The van der Waals surface area contributed by atoms with Gasteiger partial charge >= 0.3 is 0 Å². The SMILES string of the molecule is Cc1nn(C)c(C)c1CCC(=O)Nn1c(-c2ccccc2F)n[nH]c1=S. The van der Waals surface area contributed by atoms with Gasteiger partial charge in [-0.2, -0.15) is 10.2 Å². The van der Waals surface area contributed by atoms with E-state index >= 15 is 0 Å². The lowest BCUT2D eigenvalue weighted by molar-refractivity contribution is -0.117. The van der Waals surface area contributed by atoms with Crippen LogP contribution in [0.3, 0.4) is 0 Å². The fourth-order valence-corrected chi connectivity index (χ4v) is 3.00. The van der Waals surface area contributed by atoms with E-state index in [4.69, 9.17) is 12.2 Å². The summed E-state index contributed by atoms with van der Waals surface area (Å²) in [5.41, 5.74) is 5.92. The van der Waals surface area contributed by atoms with Crippen molar-refractivity contribution < 1.29 is 9.18 Å². The fourth-order valence-electron chi connectivity index (χ4n) is 2.82. The van der Waals surface area contributed by atoms with Crippen LogP contribution in [0.25, 0.3) is 11.4 Å². The Balaban J connectivity index is 1.77. The van der Waals surface area contributed by atoms with Crippen LogP contribution in [-0.4, -0.2) is 30.6 Å². The number of nitrogens with one attached hydrogen (secondary N) is 2. The van der Waals surface area contributed by atoms with E-state index in [0.29, 0.717) is 6.42 Å². The summed E-state index contributed by atoms with van der Waals surface area (Å²) in [6.07, 6.45) is 0.800. The van der Waals surface area contributed by atoms with Gasteiger partial charge in [0, 0.05) is 19.2 Å². The van der Waals surface area contributed by atoms with Crippen molar-refractivity contribution in [1.29, 1.82) is 0 Å². The van der Waals surface area contributed by atoms with Crippen molar-refractivity contribution in [3.63, 3.8) is 0 Å². The molecule has 0 aliphatic rings. The van der Waals surface area contributed by atoms with Gasteiger partial charge < -0.3 is 0 Å². The van der Waals surface area contributed by atoms with Gasteiger partial charge in [-0.15, -0.1) is 0 Å². The maximum absolute atomic E-state index is 14.0. The highest BCUT2D eigenvalue weighted by molar-refractivity contribution is 7.71. The molecule has 0 radical (unpaired) electrons. The maximum Gasteiger partial charge on any atom is 0.239 e. The van der Waals surface area contributed by atoms with Gasteiger partial charge in [0.05, 0.1) is 11.3 Å². The number of halogens is 1. The monoisotopic (exact) mass is 374 g/mol. The molecule has 0 unspecified atom stereocenters. The lowest BCUT2D eigenvalue weighted by Gasteiger charge is -2.09. The largest absolute Gasteiger partial charge is 0.273 e. The zero-order valence-corrected chi connectivity index (χ0v) is 15.5. The molecule has 0 aliphatic heterocycles. The van der Waals surface area contributed by atoms with Crippen molar-refractivity contribution in [3.05, 3.63) is 51.8 Å². The van der Waals surface area contributed by atoms with E-state index in [0.717, 1.165) is 17.0 Å². The molecule has 3 rings (SSSR count). The van der Waals surface area contributed by atoms with E-state index in [2.05, 4.69) is 20.7 Å². The molecule has 26 heavy (non-hydrogen) atoms. The molecular weight excluding hydrogens is 355 g/mol. The number of aromatic nitrogens is 5. The second-order valence-corrected chi connectivity index (χ2v) is 6.36. The molecular formula is C17H19FN6OS. The predicted molar refractivity (Wildman–Crippen MR) is 98.2 cm³/mol. The van der Waals surface area contributed by atoms with Crippen LogP contribution in [0.15, 0.2) is 24.3 Å². The van der Waals surface area contributed by atoms with Crippen LogP contribution in [0.4, 0.5) is 4.39 Å². The van der Waals surface area contributed by atoms with E-state index in [1.54, 1.807) is 22.9 Å². The molecule has 0 fully saturated rings. The summed E-state index contributed by atoms with van der Waals surface area (Å²) in [6.45, 7) is 3.89. The molecule has 0 spiro atoms. The number of nitrogens with zero attached hydrogens (tertiary/aromatic N) is 4. The normalized spacial score (nSPS) is 10.9. The van der Waals surface area contributed by atoms with Crippen LogP contribution in [-0.2, 0) is 18.3 Å². The van der Waals surface area contributed by atoms with Crippen molar-refractivity contribution in [1.82, 2.24) is 24.7 Å². The van der Waals surface area contributed by atoms with E-state index in [9.17, 15) is 9.18 Å². The second kappa shape index (κ2) is 7.20. The number of H-pyrrole nitrogens is 1. The lowest BCUT2D eigenvalue weighted by Crippen LogP contribution is -2.24. The van der Waals surface area contributed by atoms with Gasteiger partial charge in [0.15, 0.2) is 5.82 Å². The highest BCUT2D eigenvalue weighted by Crippen LogP contribution is 2.20. The Kier molecular flexibility index (Phi) is 4.99. The summed E-state index contributed by atoms with van der Waals surface area (Å²) in [7, 11) is 1.87. The van der Waals surface area contributed by atoms with Gasteiger partial charge in [0.1, 0.15) is 5.82 Å². The summed E-state index contributed by atoms with van der Waals surface area (Å²) in [6, 6.07) is 6.18. The minimum Gasteiger partial charge on any atom is -0.273 e. The Hall–Kier alpha value is -2.81. The number of benzene rings is 1. The second-order valence-electron chi connectivity index (χ2n) is 5.98. The smallest absolute Gasteiger partial charge is 0.239 e. The van der Waals surface area contributed by atoms with Crippen LogP contribution < -0.4 is 5.43 Å². The molecule has 1 aromatic carbocycles. The lowest BCUT2D eigenvalue weighted by atomic mass is 10.1. The average molecular weight is 374 g/mol. The summed E-state index contributed by atoms with van der Waals surface area (Å²) in [5.74, 6) is -0.475. The number of aryl methyl sites for hydroxylation is 2. The Morgan fingerprint density at radius 1 is 1.35 bits per heavy atom. The topological polar surface area (TPSA) is 80.5 Å². The predicted octanol–water partition coefficient (Wildman–Crippen LogP) is 2.80. The summed E-state index contributed by atoms with van der Waals surface area (Å²) in [4.78, 5) is 12.4. The number of hydrogen-bond donors (Lipinski definition) is 2. The van der Waals surface area contributed by atoms with Gasteiger partial charge in [-0.05, 0) is 50.2 Å². The summed E-state index contributed by atoms with van der Waals surface area (Å²) >= 11 is 5.15. The zero-order chi connectivity index (χ0) is 18.8. The molecule has 0 saturated carbocycles. The van der Waals surface area contributed by atoms with Crippen molar-refractivity contribution in [2.24, 2.45) is 7.05 Å². The first-order valence-corrected chi connectivity index (χ1v) is 8.50. The van der Waals surface area contributed by atoms with Crippen molar-refractivity contribution in [2.45, 2.75) is 26.7 Å². The van der Waals surface area contributed by atoms with Gasteiger partial charge in [-0.3, -0.25) is 14.9 Å². The molecule has 7 nitrogen and oxygen atoms in total. The highest BCUT2D eigenvalue weighted by Gasteiger charge is 2.16. The number of hydrogen-bond acceptors (Lipinski definition) is 4. The van der Waals surface area contributed by atoms with Crippen LogP contribution in [0.5, 0.6) is 0 Å². The Morgan fingerprint density at radius 2 is 2.08 bits per heavy atom. The number of carbonyl (C=O) groups excluding carboxylic acids is 1. The van der Waals surface area contributed by atoms with Crippen LogP contribution >= 0.6 is 12.2 Å². The van der Waals surface area contributed by atoms with Gasteiger partial charge in [0.2, 0.25) is 10.7 Å². The molecule has 1 amide bonds. The Morgan fingerprint density at radius 3 is 2.73 bits per heavy atom. The third-order valence-corrected chi connectivity index (χ3v) is 4.56. The minimum atomic E-state index is -0.446. The molecule has 0 bridgehead atoms. The quantitative estimate of drug-likeness (QED) is 0.673.